The van der Waals surface area contributed by atoms with Gasteiger partial charge in [0.05, 0.1) is 0 Å². The van der Waals surface area contributed by atoms with Crippen LogP contribution in [0.3, 0.4) is 0 Å². The lowest BCUT2D eigenvalue weighted by atomic mass is 9.94. The summed E-state index contributed by atoms with van der Waals surface area (Å²) in [6, 6.07) is 6.85. The summed E-state index contributed by atoms with van der Waals surface area (Å²) in [7, 11) is 0. The molecular weight excluding hydrogens is 261 g/mol. The molecule has 21 heavy (non-hydrogen) atoms. The average Bonchev–Trinajstić information content (AvgIpc) is 2.49. The molecule has 1 nitrogen and oxygen atoms in total. The minimum absolute atomic E-state index is 0.164. The molecular formula is C19H22FN. The summed E-state index contributed by atoms with van der Waals surface area (Å²) in [5.41, 5.74) is 4.03. The summed E-state index contributed by atoms with van der Waals surface area (Å²) in [5.74, 6) is 0.503. The molecule has 0 bridgehead atoms. The third-order valence-corrected chi connectivity index (χ3v) is 4.29. The fourth-order valence-electron chi connectivity index (χ4n) is 3.12. The molecule has 2 aliphatic rings. The highest BCUT2D eigenvalue weighted by Gasteiger charge is 2.15. The van der Waals surface area contributed by atoms with E-state index in [-0.39, 0.29) is 5.82 Å². The molecule has 3 rings (SSSR count). The van der Waals surface area contributed by atoms with Crippen LogP contribution in [0.1, 0.15) is 25.3 Å². The van der Waals surface area contributed by atoms with Crippen molar-refractivity contribution in [2.75, 3.05) is 19.6 Å². The lowest BCUT2D eigenvalue weighted by Gasteiger charge is -2.28. The van der Waals surface area contributed by atoms with E-state index in [2.05, 4.69) is 36.1 Å². The number of hydrogen-bond donors (Lipinski definition) is 0. The van der Waals surface area contributed by atoms with Gasteiger partial charge in [-0.2, -0.15) is 0 Å². The number of nitrogens with zero attached hydrogens (tertiary/aromatic N) is 1. The second-order valence-corrected chi connectivity index (χ2v) is 6.11. The van der Waals surface area contributed by atoms with Gasteiger partial charge in [-0.05, 0) is 42.0 Å². The molecule has 1 unspecified atom stereocenters. The standard InChI is InChI=1S/C19H22FN/c1-15-3-2-4-16(13-15)14-21-11-9-18(10-12-21)17-5-7-19(20)8-6-17/h2-9,15H,10-14H2,1H3. The summed E-state index contributed by atoms with van der Waals surface area (Å²) in [5, 5.41) is 0. The van der Waals surface area contributed by atoms with Crippen molar-refractivity contribution in [1.29, 1.82) is 0 Å². The topological polar surface area (TPSA) is 3.24 Å². The van der Waals surface area contributed by atoms with Crippen LogP contribution in [0, 0.1) is 11.7 Å². The predicted molar refractivity (Wildman–Crippen MR) is 86.4 cm³/mol. The number of hydrogen-bond acceptors (Lipinski definition) is 1. The molecule has 0 spiro atoms. The van der Waals surface area contributed by atoms with Gasteiger partial charge in [0.15, 0.2) is 0 Å². The van der Waals surface area contributed by atoms with Gasteiger partial charge < -0.3 is 0 Å². The summed E-state index contributed by atoms with van der Waals surface area (Å²) in [4.78, 5) is 2.49. The molecule has 2 heteroatoms. The van der Waals surface area contributed by atoms with Crippen molar-refractivity contribution in [3.05, 3.63) is 65.5 Å². The Morgan fingerprint density at radius 1 is 1.24 bits per heavy atom. The molecule has 1 aromatic rings. The Hall–Kier alpha value is -1.67. The van der Waals surface area contributed by atoms with Gasteiger partial charge in [-0.25, -0.2) is 4.39 Å². The van der Waals surface area contributed by atoms with Crippen molar-refractivity contribution in [2.45, 2.75) is 19.8 Å². The van der Waals surface area contributed by atoms with Crippen molar-refractivity contribution in [1.82, 2.24) is 4.90 Å². The largest absolute Gasteiger partial charge is 0.295 e. The molecule has 1 atom stereocenters. The molecule has 110 valence electrons. The molecule has 0 N–H and O–H groups in total. The van der Waals surface area contributed by atoms with Crippen LogP contribution >= 0.6 is 0 Å². The highest BCUT2D eigenvalue weighted by molar-refractivity contribution is 5.66. The third kappa shape index (κ3) is 3.70. The maximum Gasteiger partial charge on any atom is 0.123 e. The zero-order chi connectivity index (χ0) is 14.7. The number of allylic oxidation sites excluding steroid dienone is 3. The van der Waals surface area contributed by atoms with Gasteiger partial charge in [-0.15, -0.1) is 0 Å². The van der Waals surface area contributed by atoms with Crippen molar-refractivity contribution in [2.24, 2.45) is 5.92 Å². The van der Waals surface area contributed by atoms with Crippen molar-refractivity contribution >= 4 is 5.57 Å². The zero-order valence-electron chi connectivity index (χ0n) is 12.6. The summed E-state index contributed by atoms with van der Waals surface area (Å²) in [6.45, 7) is 5.41. The molecule has 0 amide bonds. The van der Waals surface area contributed by atoms with Gasteiger partial charge in [-0.3, -0.25) is 4.90 Å². The van der Waals surface area contributed by atoms with E-state index >= 15 is 0 Å². The SMILES string of the molecule is CC1C=CC=C(CN2CC=C(c3ccc(F)cc3)CC2)C1. The van der Waals surface area contributed by atoms with Gasteiger partial charge in [0.1, 0.15) is 5.82 Å². The summed E-state index contributed by atoms with van der Waals surface area (Å²) >= 11 is 0. The highest BCUT2D eigenvalue weighted by atomic mass is 19.1. The van der Waals surface area contributed by atoms with Gasteiger partial charge in [-0.1, -0.05) is 48.9 Å². The Morgan fingerprint density at radius 2 is 2.05 bits per heavy atom. The van der Waals surface area contributed by atoms with Crippen LogP contribution in [0.2, 0.25) is 0 Å². The molecule has 0 fully saturated rings. The minimum atomic E-state index is -0.164. The Labute approximate surface area is 126 Å². The van der Waals surface area contributed by atoms with Crippen molar-refractivity contribution < 1.29 is 4.39 Å². The van der Waals surface area contributed by atoms with Crippen molar-refractivity contribution in [3.8, 4) is 0 Å². The molecule has 0 saturated heterocycles. The first kappa shape index (κ1) is 14.3. The van der Waals surface area contributed by atoms with Gasteiger partial charge in [0.25, 0.3) is 0 Å². The normalized spacial score (nSPS) is 22.9. The van der Waals surface area contributed by atoms with Crippen LogP contribution in [0.4, 0.5) is 4.39 Å². The fraction of sp³-hybridized carbons (Fsp3) is 0.368. The molecule has 1 aromatic carbocycles. The van der Waals surface area contributed by atoms with E-state index < -0.39 is 0 Å². The van der Waals surface area contributed by atoms with Crippen LogP contribution in [-0.4, -0.2) is 24.5 Å². The van der Waals surface area contributed by atoms with E-state index in [9.17, 15) is 4.39 Å². The maximum absolute atomic E-state index is 13.0. The first-order valence-electron chi connectivity index (χ1n) is 7.74. The molecule has 1 heterocycles. The zero-order valence-corrected chi connectivity index (χ0v) is 12.6. The molecule has 0 saturated carbocycles. The smallest absolute Gasteiger partial charge is 0.123 e. The van der Waals surface area contributed by atoms with E-state index in [1.54, 1.807) is 12.1 Å². The minimum Gasteiger partial charge on any atom is -0.295 e. The Balaban J connectivity index is 1.60. The van der Waals surface area contributed by atoms with Crippen molar-refractivity contribution in [3.63, 3.8) is 0 Å². The lowest BCUT2D eigenvalue weighted by Crippen LogP contribution is -2.31. The molecule has 0 aromatic heterocycles. The van der Waals surface area contributed by atoms with Crippen LogP contribution in [0.5, 0.6) is 0 Å². The number of rotatable bonds is 3. The quantitative estimate of drug-likeness (QED) is 0.793. The number of benzene rings is 1. The summed E-state index contributed by atoms with van der Waals surface area (Å²) in [6.07, 6.45) is 11.2. The molecule has 1 aliphatic carbocycles. The Bertz CT molecular complexity index is 580. The lowest BCUT2D eigenvalue weighted by molar-refractivity contribution is 0.321. The predicted octanol–water partition coefficient (Wildman–Crippen LogP) is 4.44. The second kappa shape index (κ2) is 6.40. The third-order valence-electron chi connectivity index (χ3n) is 4.29. The summed E-state index contributed by atoms with van der Waals surface area (Å²) < 4.78 is 13.0. The van der Waals surface area contributed by atoms with E-state index in [0.29, 0.717) is 5.92 Å². The Morgan fingerprint density at radius 3 is 2.71 bits per heavy atom. The second-order valence-electron chi connectivity index (χ2n) is 6.11. The van der Waals surface area contributed by atoms with E-state index in [1.807, 2.05) is 12.1 Å². The maximum atomic E-state index is 13.0. The highest BCUT2D eigenvalue weighted by Crippen LogP contribution is 2.24. The first-order valence-corrected chi connectivity index (χ1v) is 7.74. The van der Waals surface area contributed by atoms with Crippen LogP contribution in [0.15, 0.2) is 54.1 Å². The van der Waals surface area contributed by atoms with E-state index in [0.717, 1.165) is 31.6 Å². The molecule has 1 aliphatic heterocycles. The van der Waals surface area contributed by atoms with Gasteiger partial charge in [0.2, 0.25) is 0 Å². The van der Waals surface area contributed by atoms with Crippen LogP contribution in [0.25, 0.3) is 5.57 Å². The van der Waals surface area contributed by atoms with Gasteiger partial charge in [0, 0.05) is 19.6 Å². The fourth-order valence-corrected chi connectivity index (χ4v) is 3.12. The molecule has 0 radical (unpaired) electrons. The monoisotopic (exact) mass is 283 g/mol. The Kier molecular flexibility index (Phi) is 4.35. The van der Waals surface area contributed by atoms with Gasteiger partial charge >= 0.3 is 0 Å². The van der Waals surface area contributed by atoms with Crippen LogP contribution < -0.4 is 0 Å². The average molecular weight is 283 g/mol. The van der Waals surface area contributed by atoms with Crippen LogP contribution in [-0.2, 0) is 0 Å². The van der Waals surface area contributed by atoms with E-state index in [4.69, 9.17) is 0 Å². The first-order chi connectivity index (χ1) is 10.2. The number of halogens is 1. The van der Waals surface area contributed by atoms with E-state index in [1.165, 1.54) is 17.6 Å².